The highest BCUT2D eigenvalue weighted by atomic mass is 16.5. The lowest BCUT2D eigenvalue weighted by atomic mass is 10.0. The van der Waals surface area contributed by atoms with Gasteiger partial charge in [-0.2, -0.15) is 5.26 Å². The van der Waals surface area contributed by atoms with Crippen LogP contribution in [0.1, 0.15) is 5.56 Å². The average molecular weight is 297 g/mol. The van der Waals surface area contributed by atoms with E-state index in [1.807, 2.05) is 12.1 Å². The van der Waals surface area contributed by atoms with E-state index in [1.54, 1.807) is 30.1 Å². The summed E-state index contributed by atoms with van der Waals surface area (Å²) in [5.41, 5.74) is 1.44. The van der Waals surface area contributed by atoms with Gasteiger partial charge in [-0.3, -0.25) is 9.59 Å². The Kier molecular flexibility index (Phi) is 3.65. The quantitative estimate of drug-likeness (QED) is 0.567. The van der Waals surface area contributed by atoms with Crippen LogP contribution in [-0.2, 0) is 14.3 Å². The minimum absolute atomic E-state index is 0.0938. The first-order valence-electron chi connectivity index (χ1n) is 7.04. The van der Waals surface area contributed by atoms with Gasteiger partial charge in [0.25, 0.3) is 11.8 Å². The lowest BCUT2D eigenvalue weighted by Crippen LogP contribution is -2.41. The number of ether oxygens (including phenoxy) is 1. The molecule has 6 nitrogen and oxygen atoms in total. The molecule has 22 heavy (non-hydrogen) atoms. The maximum Gasteiger partial charge on any atom is 0.265 e. The molecule has 0 aliphatic carbocycles. The van der Waals surface area contributed by atoms with Crippen molar-refractivity contribution in [2.24, 2.45) is 0 Å². The number of morpholine rings is 1. The van der Waals surface area contributed by atoms with Crippen LogP contribution in [0.5, 0.6) is 0 Å². The number of amides is 2. The van der Waals surface area contributed by atoms with Crippen molar-refractivity contribution in [3.63, 3.8) is 0 Å². The molecule has 1 fully saturated rings. The first-order chi connectivity index (χ1) is 10.6. The lowest BCUT2D eigenvalue weighted by Gasteiger charge is -2.26. The zero-order valence-corrected chi connectivity index (χ0v) is 12.2. The molecule has 1 aromatic carbocycles. The summed E-state index contributed by atoms with van der Waals surface area (Å²) in [4.78, 5) is 28.1. The summed E-state index contributed by atoms with van der Waals surface area (Å²) in [5, 5.41) is 9.46. The van der Waals surface area contributed by atoms with Crippen molar-refractivity contribution in [2.75, 3.05) is 38.3 Å². The number of anilines is 1. The van der Waals surface area contributed by atoms with Gasteiger partial charge in [0.2, 0.25) is 0 Å². The number of carbonyl (C=O) groups is 2. The molecule has 112 valence electrons. The van der Waals surface area contributed by atoms with E-state index in [0.717, 1.165) is 0 Å². The van der Waals surface area contributed by atoms with E-state index < -0.39 is 5.91 Å². The van der Waals surface area contributed by atoms with E-state index in [1.165, 1.54) is 4.90 Å². The summed E-state index contributed by atoms with van der Waals surface area (Å²) >= 11 is 0. The predicted molar refractivity (Wildman–Crippen MR) is 79.8 cm³/mol. The van der Waals surface area contributed by atoms with Crippen LogP contribution in [0.4, 0.5) is 5.69 Å². The van der Waals surface area contributed by atoms with Crippen LogP contribution in [0.15, 0.2) is 29.8 Å². The van der Waals surface area contributed by atoms with E-state index in [0.29, 0.717) is 37.6 Å². The summed E-state index contributed by atoms with van der Waals surface area (Å²) in [6.07, 6.45) is 0. The molecule has 3 rings (SSSR count). The van der Waals surface area contributed by atoms with Crippen molar-refractivity contribution >= 4 is 23.1 Å². The monoisotopic (exact) mass is 297 g/mol. The smallest absolute Gasteiger partial charge is 0.265 e. The zero-order valence-electron chi connectivity index (χ0n) is 12.2. The molecular weight excluding hydrogens is 282 g/mol. The van der Waals surface area contributed by atoms with Gasteiger partial charge in [0.15, 0.2) is 0 Å². The topological polar surface area (TPSA) is 73.6 Å². The third kappa shape index (κ3) is 2.16. The number of hydrogen-bond donors (Lipinski definition) is 0. The number of benzene rings is 1. The van der Waals surface area contributed by atoms with Gasteiger partial charge < -0.3 is 14.5 Å². The molecule has 0 atom stereocenters. The first-order valence-corrected chi connectivity index (χ1v) is 7.04. The largest absolute Gasteiger partial charge is 0.378 e. The number of fused-ring (bicyclic) bond motifs is 1. The third-order valence-electron chi connectivity index (χ3n) is 3.93. The van der Waals surface area contributed by atoms with E-state index in [4.69, 9.17) is 4.74 Å². The van der Waals surface area contributed by atoms with Crippen LogP contribution in [0.25, 0.3) is 5.57 Å². The van der Waals surface area contributed by atoms with Gasteiger partial charge in [0.1, 0.15) is 11.6 Å². The normalized spacial score (nSPS) is 19.7. The van der Waals surface area contributed by atoms with Gasteiger partial charge in [-0.15, -0.1) is 0 Å². The van der Waals surface area contributed by atoms with Crippen molar-refractivity contribution in [1.29, 1.82) is 5.26 Å². The highest BCUT2D eigenvalue weighted by molar-refractivity contribution is 6.36. The summed E-state index contributed by atoms with van der Waals surface area (Å²) in [6.45, 7) is 1.76. The van der Waals surface area contributed by atoms with Gasteiger partial charge in [-0.05, 0) is 6.07 Å². The number of likely N-dealkylation sites (N-methyl/N-ethyl adjacent to an activating group) is 1. The van der Waals surface area contributed by atoms with Crippen molar-refractivity contribution in [1.82, 2.24) is 4.90 Å². The highest BCUT2D eigenvalue weighted by Gasteiger charge is 2.35. The summed E-state index contributed by atoms with van der Waals surface area (Å²) < 4.78 is 5.22. The minimum atomic E-state index is -0.403. The van der Waals surface area contributed by atoms with E-state index in [9.17, 15) is 14.9 Å². The second kappa shape index (κ2) is 5.62. The number of hydrogen-bond acceptors (Lipinski definition) is 4. The molecule has 1 saturated heterocycles. The molecule has 2 amide bonds. The van der Waals surface area contributed by atoms with Crippen molar-refractivity contribution in [3.05, 3.63) is 35.4 Å². The first kappa shape index (κ1) is 14.3. The second-order valence-corrected chi connectivity index (χ2v) is 5.15. The molecular formula is C16H15N3O3. The van der Waals surface area contributed by atoms with Crippen molar-refractivity contribution in [2.45, 2.75) is 0 Å². The fraction of sp³-hybridized carbons (Fsp3) is 0.312. The molecule has 0 spiro atoms. The lowest BCUT2D eigenvalue weighted by molar-refractivity contribution is -0.130. The molecule has 2 heterocycles. The Labute approximate surface area is 128 Å². The Morgan fingerprint density at radius 2 is 1.95 bits per heavy atom. The van der Waals surface area contributed by atoms with E-state index in [2.05, 4.69) is 0 Å². The Morgan fingerprint density at radius 3 is 2.64 bits per heavy atom. The number of rotatable bonds is 1. The maximum absolute atomic E-state index is 12.6. The molecule has 0 bridgehead atoms. The van der Waals surface area contributed by atoms with Crippen LogP contribution in [0, 0.1) is 11.3 Å². The standard InChI is InChI=1S/C16H15N3O3/c1-18-13-5-3-2-4-11(13)14(16(18)21)12(10-17)15(20)19-6-8-22-9-7-19/h2-5H,6-9H2,1H3. The fourth-order valence-corrected chi connectivity index (χ4v) is 2.75. The number of carbonyl (C=O) groups excluding carboxylic acids is 2. The summed E-state index contributed by atoms with van der Waals surface area (Å²) in [5.74, 6) is -0.724. The van der Waals surface area contributed by atoms with Gasteiger partial charge in [-0.25, -0.2) is 0 Å². The molecule has 0 aromatic heterocycles. The minimum Gasteiger partial charge on any atom is -0.378 e. The van der Waals surface area contributed by atoms with E-state index >= 15 is 0 Å². The molecule has 2 aliphatic rings. The third-order valence-corrected chi connectivity index (χ3v) is 3.93. The summed E-state index contributed by atoms with van der Waals surface area (Å²) in [7, 11) is 1.64. The van der Waals surface area contributed by atoms with Crippen LogP contribution < -0.4 is 4.90 Å². The molecule has 0 N–H and O–H groups in total. The Balaban J connectivity index is 2.08. The zero-order chi connectivity index (χ0) is 15.7. The summed E-state index contributed by atoms with van der Waals surface area (Å²) in [6, 6.07) is 9.10. The van der Waals surface area contributed by atoms with Gasteiger partial charge >= 0.3 is 0 Å². The molecule has 2 aliphatic heterocycles. The highest BCUT2D eigenvalue weighted by Crippen LogP contribution is 2.37. The number of para-hydroxylation sites is 1. The van der Waals surface area contributed by atoms with Crippen LogP contribution in [0.2, 0.25) is 0 Å². The maximum atomic E-state index is 12.6. The van der Waals surface area contributed by atoms with Crippen molar-refractivity contribution in [3.8, 4) is 6.07 Å². The predicted octanol–water partition coefficient (Wildman–Crippen LogP) is 0.799. The Morgan fingerprint density at radius 1 is 1.27 bits per heavy atom. The molecule has 6 heteroatoms. The van der Waals surface area contributed by atoms with Crippen LogP contribution in [0.3, 0.4) is 0 Å². The van der Waals surface area contributed by atoms with Gasteiger partial charge in [0, 0.05) is 25.7 Å². The fourth-order valence-electron chi connectivity index (χ4n) is 2.75. The van der Waals surface area contributed by atoms with Crippen LogP contribution >= 0.6 is 0 Å². The van der Waals surface area contributed by atoms with E-state index in [-0.39, 0.29) is 17.1 Å². The van der Waals surface area contributed by atoms with Crippen molar-refractivity contribution < 1.29 is 14.3 Å². The number of nitriles is 1. The second-order valence-electron chi connectivity index (χ2n) is 5.15. The molecule has 1 aromatic rings. The molecule has 0 radical (unpaired) electrons. The average Bonchev–Trinajstić information content (AvgIpc) is 2.82. The molecule has 0 saturated carbocycles. The number of nitrogens with zero attached hydrogens (tertiary/aromatic N) is 3. The Bertz CT molecular complexity index is 712. The van der Waals surface area contributed by atoms with Gasteiger partial charge in [0.05, 0.1) is 24.5 Å². The van der Waals surface area contributed by atoms with Crippen LogP contribution in [-0.4, -0.2) is 50.1 Å². The SMILES string of the molecule is CN1C(=O)C(=C(C#N)C(=O)N2CCOCC2)c2ccccc21. The van der Waals surface area contributed by atoms with Gasteiger partial charge in [-0.1, -0.05) is 18.2 Å². The molecule has 0 unspecified atom stereocenters. The Hall–Kier alpha value is -2.65.